The van der Waals surface area contributed by atoms with E-state index in [9.17, 15) is 4.79 Å². The van der Waals surface area contributed by atoms with Gasteiger partial charge in [-0.25, -0.2) is 0 Å². The van der Waals surface area contributed by atoms with Crippen molar-refractivity contribution in [2.24, 2.45) is 0 Å². The van der Waals surface area contributed by atoms with E-state index in [1.165, 1.54) is 31.1 Å². The van der Waals surface area contributed by atoms with Gasteiger partial charge in [0, 0.05) is 12.1 Å². The highest BCUT2D eigenvalue weighted by molar-refractivity contribution is 5.69. The van der Waals surface area contributed by atoms with E-state index >= 15 is 0 Å². The number of nitrogens with two attached hydrogens (primary N) is 1. The Morgan fingerprint density at radius 1 is 1.50 bits per heavy atom. The summed E-state index contributed by atoms with van der Waals surface area (Å²) in [7, 11) is 1.42. The lowest BCUT2D eigenvalue weighted by Gasteiger charge is -2.09. The molecule has 1 aliphatic carbocycles. The molecule has 0 saturated heterocycles. The summed E-state index contributed by atoms with van der Waals surface area (Å²) in [5.74, 6) is 0.525. The number of anilines is 1. The van der Waals surface area contributed by atoms with Gasteiger partial charge < -0.3 is 10.5 Å². The third-order valence-corrected chi connectivity index (χ3v) is 3.01. The Labute approximate surface area is 95.6 Å². The molecule has 1 saturated carbocycles. The first-order valence-corrected chi connectivity index (χ1v) is 5.66. The summed E-state index contributed by atoms with van der Waals surface area (Å²) in [6, 6.07) is 6.02. The summed E-state index contributed by atoms with van der Waals surface area (Å²) in [6.45, 7) is 0. The summed E-state index contributed by atoms with van der Waals surface area (Å²) in [6.07, 6.45) is 3.67. The average Bonchev–Trinajstić information content (AvgIpc) is 3.10. The fraction of sp³-hybridized carbons (Fsp3) is 0.462. The molecule has 0 aliphatic heterocycles. The fourth-order valence-electron chi connectivity index (χ4n) is 1.97. The molecule has 1 aliphatic rings. The molecule has 16 heavy (non-hydrogen) atoms. The minimum atomic E-state index is -0.163. The van der Waals surface area contributed by atoms with Crippen LogP contribution >= 0.6 is 0 Å². The van der Waals surface area contributed by atoms with Crippen molar-refractivity contribution in [1.82, 2.24) is 0 Å². The number of nitrogen functional groups attached to an aromatic ring is 1. The first kappa shape index (κ1) is 11.0. The summed E-state index contributed by atoms with van der Waals surface area (Å²) >= 11 is 0. The van der Waals surface area contributed by atoms with Gasteiger partial charge in [0.25, 0.3) is 0 Å². The van der Waals surface area contributed by atoms with Crippen molar-refractivity contribution in [3.05, 3.63) is 29.3 Å². The number of aryl methyl sites for hydroxylation is 1. The minimum absolute atomic E-state index is 0.163. The first-order chi connectivity index (χ1) is 7.70. The molecule has 1 fully saturated rings. The number of esters is 1. The van der Waals surface area contributed by atoms with Crippen LogP contribution in [0, 0.1) is 0 Å². The molecule has 0 heterocycles. The number of methoxy groups -OCH3 is 1. The molecule has 0 atom stereocenters. The second-order valence-corrected chi connectivity index (χ2v) is 4.31. The van der Waals surface area contributed by atoms with E-state index < -0.39 is 0 Å². The number of ether oxygens (including phenoxy) is 1. The normalized spacial score (nSPS) is 14.8. The zero-order valence-electron chi connectivity index (χ0n) is 9.53. The van der Waals surface area contributed by atoms with Gasteiger partial charge in [0.1, 0.15) is 0 Å². The Balaban J connectivity index is 2.11. The minimum Gasteiger partial charge on any atom is -0.469 e. The number of rotatable bonds is 4. The molecule has 1 aromatic rings. The molecule has 0 spiro atoms. The summed E-state index contributed by atoms with van der Waals surface area (Å²) in [5.41, 5.74) is 9.10. The molecule has 1 aromatic carbocycles. The van der Waals surface area contributed by atoms with Crippen LogP contribution in [-0.4, -0.2) is 13.1 Å². The van der Waals surface area contributed by atoms with Crippen LogP contribution in [0.3, 0.4) is 0 Å². The van der Waals surface area contributed by atoms with Gasteiger partial charge in [0.05, 0.1) is 7.11 Å². The highest BCUT2D eigenvalue weighted by Gasteiger charge is 2.25. The zero-order chi connectivity index (χ0) is 11.5. The van der Waals surface area contributed by atoms with Crippen molar-refractivity contribution in [3.63, 3.8) is 0 Å². The predicted molar refractivity (Wildman–Crippen MR) is 63.2 cm³/mol. The third-order valence-electron chi connectivity index (χ3n) is 3.01. The summed E-state index contributed by atoms with van der Waals surface area (Å²) < 4.78 is 4.65. The molecular weight excluding hydrogens is 202 g/mol. The molecule has 86 valence electrons. The topological polar surface area (TPSA) is 52.3 Å². The van der Waals surface area contributed by atoms with Crippen LogP contribution in [0.1, 0.15) is 36.3 Å². The molecule has 0 amide bonds. The maximum atomic E-state index is 11.1. The Hall–Kier alpha value is -1.51. The second kappa shape index (κ2) is 4.56. The van der Waals surface area contributed by atoms with Crippen LogP contribution in [0.15, 0.2) is 18.2 Å². The maximum Gasteiger partial charge on any atom is 0.305 e. The van der Waals surface area contributed by atoms with Gasteiger partial charge in [-0.1, -0.05) is 6.07 Å². The number of carbonyl (C=O) groups is 1. The van der Waals surface area contributed by atoms with E-state index in [2.05, 4.69) is 10.8 Å². The second-order valence-electron chi connectivity index (χ2n) is 4.31. The highest BCUT2D eigenvalue weighted by Crippen LogP contribution is 2.42. The van der Waals surface area contributed by atoms with Gasteiger partial charge in [-0.3, -0.25) is 4.79 Å². The molecule has 0 bridgehead atoms. The smallest absolute Gasteiger partial charge is 0.305 e. The lowest BCUT2D eigenvalue weighted by molar-refractivity contribution is -0.140. The van der Waals surface area contributed by atoms with E-state index in [-0.39, 0.29) is 5.97 Å². The molecular formula is C13H17NO2. The lowest BCUT2D eigenvalue weighted by Crippen LogP contribution is -2.04. The molecule has 2 N–H and O–H groups in total. The number of benzene rings is 1. The Kier molecular flexibility index (Phi) is 3.13. The van der Waals surface area contributed by atoms with Crippen molar-refractivity contribution < 1.29 is 9.53 Å². The molecule has 2 rings (SSSR count). The van der Waals surface area contributed by atoms with Crippen molar-refractivity contribution in [1.29, 1.82) is 0 Å². The molecule has 0 radical (unpaired) electrons. The lowest BCUT2D eigenvalue weighted by atomic mass is 9.98. The molecule has 3 heteroatoms. The van der Waals surface area contributed by atoms with Gasteiger partial charge in [0.2, 0.25) is 0 Å². The van der Waals surface area contributed by atoms with Crippen LogP contribution in [0.25, 0.3) is 0 Å². The largest absolute Gasteiger partial charge is 0.469 e. The van der Waals surface area contributed by atoms with Crippen LogP contribution in [0.2, 0.25) is 0 Å². The van der Waals surface area contributed by atoms with Gasteiger partial charge in [-0.2, -0.15) is 0 Å². The van der Waals surface area contributed by atoms with Crippen molar-refractivity contribution >= 4 is 11.7 Å². The average molecular weight is 219 g/mol. The highest BCUT2D eigenvalue weighted by atomic mass is 16.5. The Morgan fingerprint density at radius 3 is 2.88 bits per heavy atom. The van der Waals surface area contributed by atoms with Crippen molar-refractivity contribution in [2.45, 2.75) is 31.6 Å². The van der Waals surface area contributed by atoms with E-state index in [0.29, 0.717) is 12.3 Å². The SMILES string of the molecule is COC(=O)CCc1cc(N)ccc1C1CC1. The van der Waals surface area contributed by atoms with Crippen LogP contribution in [0.4, 0.5) is 5.69 Å². The predicted octanol–water partition coefficient (Wildman–Crippen LogP) is 2.25. The molecule has 3 nitrogen and oxygen atoms in total. The first-order valence-electron chi connectivity index (χ1n) is 5.66. The Morgan fingerprint density at radius 2 is 2.25 bits per heavy atom. The van der Waals surface area contributed by atoms with E-state index in [1.807, 2.05) is 12.1 Å². The van der Waals surface area contributed by atoms with Gasteiger partial charge in [-0.15, -0.1) is 0 Å². The standard InChI is InChI=1S/C13H17NO2/c1-16-13(15)7-4-10-8-11(14)5-6-12(10)9-2-3-9/h5-6,8-9H,2-4,7,14H2,1H3. The van der Waals surface area contributed by atoms with Crippen LogP contribution in [0.5, 0.6) is 0 Å². The fourth-order valence-corrected chi connectivity index (χ4v) is 1.97. The third kappa shape index (κ3) is 2.54. The Bertz CT molecular complexity index is 397. The van der Waals surface area contributed by atoms with Crippen molar-refractivity contribution in [2.75, 3.05) is 12.8 Å². The quantitative estimate of drug-likeness (QED) is 0.624. The van der Waals surface area contributed by atoms with Crippen LogP contribution in [-0.2, 0) is 16.0 Å². The van der Waals surface area contributed by atoms with Gasteiger partial charge in [-0.05, 0) is 48.4 Å². The molecule has 0 unspecified atom stereocenters. The number of carbonyl (C=O) groups excluding carboxylic acids is 1. The van der Waals surface area contributed by atoms with Gasteiger partial charge >= 0.3 is 5.97 Å². The van der Waals surface area contributed by atoms with Gasteiger partial charge in [0.15, 0.2) is 0 Å². The van der Waals surface area contributed by atoms with E-state index in [1.54, 1.807) is 0 Å². The van der Waals surface area contributed by atoms with E-state index in [0.717, 1.165) is 12.1 Å². The summed E-state index contributed by atoms with van der Waals surface area (Å²) in [4.78, 5) is 11.1. The van der Waals surface area contributed by atoms with Crippen molar-refractivity contribution in [3.8, 4) is 0 Å². The number of hydrogen-bond acceptors (Lipinski definition) is 3. The summed E-state index contributed by atoms with van der Waals surface area (Å²) in [5, 5.41) is 0. The van der Waals surface area contributed by atoms with E-state index in [4.69, 9.17) is 5.73 Å². The molecule has 0 aromatic heterocycles. The van der Waals surface area contributed by atoms with Crippen LogP contribution < -0.4 is 5.73 Å². The maximum absolute atomic E-state index is 11.1. The number of hydrogen-bond donors (Lipinski definition) is 1. The zero-order valence-corrected chi connectivity index (χ0v) is 9.53. The monoisotopic (exact) mass is 219 g/mol.